The van der Waals surface area contributed by atoms with Gasteiger partial charge in [-0.15, -0.1) is 0 Å². The van der Waals surface area contributed by atoms with Gasteiger partial charge in [0.05, 0.1) is 6.54 Å². The molecule has 0 spiro atoms. The van der Waals surface area contributed by atoms with Gasteiger partial charge in [-0.05, 0) is 35.9 Å². The molecule has 0 saturated heterocycles. The van der Waals surface area contributed by atoms with Crippen molar-refractivity contribution in [3.63, 3.8) is 0 Å². The molecule has 3 aromatic rings. The van der Waals surface area contributed by atoms with Gasteiger partial charge < -0.3 is 5.11 Å². The highest BCUT2D eigenvalue weighted by molar-refractivity contribution is 6.26. The number of imide groups is 1. The van der Waals surface area contributed by atoms with Gasteiger partial charge in [0.15, 0.2) is 0 Å². The van der Waals surface area contributed by atoms with Crippen molar-refractivity contribution in [2.24, 2.45) is 0 Å². The zero-order valence-electron chi connectivity index (χ0n) is 12.5. The van der Waals surface area contributed by atoms with Crippen molar-refractivity contribution in [1.82, 2.24) is 4.90 Å². The fourth-order valence-electron chi connectivity index (χ4n) is 3.05. The average molecular weight is 321 g/mol. The second-order valence-corrected chi connectivity index (χ2v) is 5.68. The van der Waals surface area contributed by atoms with Crippen LogP contribution in [-0.4, -0.2) is 21.8 Å². The predicted molar refractivity (Wildman–Crippen MR) is 86.2 cm³/mol. The lowest BCUT2D eigenvalue weighted by Crippen LogP contribution is -2.39. The largest absolute Gasteiger partial charge is 0.507 e. The Morgan fingerprint density at radius 1 is 0.875 bits per heavy atom. The second kappa shape index (κ2) is 5.16. The quantitative estimate of drug-likeness (QED) is 0.735. The lowest BCUT2D eigenvalue weighted by atomic mass is 9.93. The number of hydrogen-bond acceptors (Lipinski definition) is 3. The molecule has 2 amide bonds. The van der Waals surface area contributed by atoms with Crippen LogP contribution in [0.4, 0.5) is 4.39 Å². The Hall–Kier alpha value is -3.21. The first-order valence-corrected chi connectivity index (χ1v) is 7.41. The monoisotopic (exact) mass is 321 g/mol. The smallest absolute Gasteiger partial charge is 0.261 e. The number of carbonyl (C=O) groups is 2. The molecule has 1 aliphatic rings. The van der Waals surface area contributed by atoms with Gasteiger partial charge in [0.2, 0.25) is 0 Å². The summed E-state index contributed by atoms with van der Waals surface area (Å²) in [5.41, 5.74) is 1.41. The number of amides is 2. The van der Waals surface area contributed by atoms with E-state index in [2.05, 4.69) is 0 Å². The van der Waals surface area contributed by atoms with Crippen LogP contribution in [0.2, 0.25) is 0 Å². The molecule has 0 atom stereocenters. The van der Waals surface area contributed by atoms with E-state index in [9.17, 15) is 19.1 Å². The Labute approximate surface area is 136 Å². The molecule has 0 fully saturated rings. The highest BCUT2D eigenvalue weighted by atomic mass is 19.1. The van der Waals surface area contributed by atoms with Gasteiger partial charge in [0, 0.05) is 21.9 Å². The maximum atomic E-state index is 13.0. The molecule has 5 heteroatoms. The lowest BCUT2D eigenvalue weighted by molar-refractivity contribution is 0.0598. The van der Waals surface area contributed by atoms with Crippen molar-refractivity contribution in [2.45, 2.75) is 6.54 Å². The third-order valence-electron chi connectivity index (χ3n) is 4.22. The third kappa shape index (κ3) is 2.06. The van der Waals surface area contributed by atoms with Gasteiger partial charge >= 0.3 is 0 Å². The molecule has 3 aromatic carbocycles. The summed E-state index contributed by atoms with van der Waals surface area (Å²) in [6, 6.07) is 13.6. The average Bonchev–Trinajstić information content (AvgIpc) is 2.59. The fourth-order valence-corrected chi connectivity index (χ4v) is 3.05. The second-order valence-electron chi connectivity index (χ2n) is 5.68. The Morgan fingerprint density at radius 3 is 2.25 bits per heavy atom. The third-order valence-corrected chi connectivity index (χ3v) is 4.22. The fraction of sp³-hybridized carbons (Fsp3) is 0.0526. The number of nitrogens with zero attached hydrogens (tertiary/aromatic N) is 1. The Balaban J connectivity index is 1.83. The summed E-state index contributed by atoms with van der Waals surface area (Å²) >= 11 is 0. The molecular weight excluding hydrogens is 309 g/mol. The van der Waals surface area contributed by atoms with E-state index in [0.29, 0.717) is 27.5 Å². The first kappa shape index (κ1) is 14.4. The molecule has 0 aliphatic carbocycles. The SMILES string of the molecule is O=C1c2cccc3c(O)ccc(c23)C(=O)N1Cc1ccc(F)cc1. The van der Waals surface area contributed by atoms with Crippen molar-refractivity contribution in [3.05, 3.63) is 77.1 Å². The van der Waals surface area contributed by atoms with Crippen molar-refractivity contribution >= 4 is 22.6 Å². The molecule has 4 nitrogen and oxygen atoms in total. The van der Waals surface area contributed by atoms with E-state index >= 15 is 0 Å². The topological polar surface area (TPSA) is 57.6 Å². The molecular formula is C19H12FNO3. The normalized spacial score (nSPS) is 13.6. The summed E-state index contributed by atoms with van der Waals surface area (Å²) in [6.07, 6.45) is 0. The first-order chi connectivity index (χ1) is 11.6. The van der Waals surface area contributed by atoms with E-state index in [1.54, 1.807) is 30.3 Å². The predicted octanol–water partition coefficient (Wildman–Crippen LogP) is 3.48. The molecule has 0 aromatic heterocycles. The molecule has 0 unspecified atom stereocenters. The van der Waals surface area contributed by atoms with Crippen LogP contribution >= 0.6 is 0 Å². The van der Waals surface area contributed by atoms with Crippen LogP contribution in [0.1, 0.15) is 26.3 Å². The molecule has 1 heterocycles. The van der Waals surface area contributed by atoms with Gasteiger partial charge in [-0.1, -0.05) is 24.3 Å². The minimum absolute atomic E-state index is 0.0307. The summed E-state index contributed by atoms with van der Waals surface area (Å²) < 4.78 is 13.0. The van der Waals surface area contributed by atoms with E-state index in [1.807, 2.05) is 0 Å². The van der Waals surface area contributed by atoms with Crippen LogP contribution < -0.4 is 0 Å². The van der Waals surface area contributed by atoms with Gasteiger partial charge in [-0.3, -0.25) is 14.5 Å². The van der Waals surface area contributed by atoms with Crippen molar-refractivity contribution in [3.8, 4) is 5.75 Å². The van der Waals surface area contributed by atoms with Crippen LogP contribution in [0.25, 0.3) is 10.8 Å². The standard InChI is InChI=1S/C19H12FNO3/c20-12-6-4-11(5-7-12)10-21-18(23)14-3-1-2-13-16(22)9-8-15(17(13)14)19(21)24/h1-9,22H,10H2. The Kier molecular flexibility index (Phi) is 3.09. The maximum absolute atomic E-state index is 13.0. The van der Waals surface area contributed by atoms with Gasteiger partial charge in [0.1, 0.15) is 11.6 Å². The van der Waals surface area contributed by atoms with Gasteiger partial charge in [0.25, 0.3) is 11.8 Å². The number of halogens is 1. The van der Waals surface area contributed by atoms with E-state index in [1.165, 1.54) is 24.3 Å². The Morgan fingerprint density at radius 2 is 1.54 bits per heavy atom. The number of benzene rings is 3. The number of phenols is 1. The summed E-state index contributed by atoms with van der Waals surface area (Å²) in [5, 5.41) is 10.9. The minimum Gasteiger partial charge on any atom is -0.507 e. The van der Waals surface area contributed by atoms with Crippen LogP contribution in [0.15, 0.2) is 54.6 Å². The Bertz CT molecular complexity index is 973. The molecule has 118 valence electrons. The molecule has 0 radical (unpaired) electrons. The zero-order valence-corrected chi connectivity index (χ0v) is 12.5. The zero-order chi connectivity index (χ0) is 16.8. The van der Waals surface area contributed by atoms with E-state index in [-0.39, 0.29) is 18.1 Å². The van der Waals surface area contributed by atoms with E-state index in [0.717, 1.165) is 4.90 Å². The molecule has 0 saturated carbocycles. The van der Waals surface area contributed by atoms with E-state index in [4.69, 9.17) is 0 Å². The minimum atomic E-state index is -0.423. The van der Waals surface area contributed by atoms with Gasteiger partial charge in [-0.2, -0.15) is 0 Å². The summed E-state index contributed by atoms with van der Waals surface area (Å²) in [5.74, 6) is -1.19. The van der Waals surface area contributed by atoms with Gasteiger partial charge in [-0.25, -0.2) is 4.39 Å². The summed E-state index contributed by atoms with van der Waals surface area (Å²) in [4.78, 5) is 26.6. The number of hydrogen-bond donors (Lipinski definition) is 1. The number of rotatable bonds is 2. The molecule has 1 aliphatic heterocycles. The number of aromatic hydroxyl groups is 1. The van der Waals surface area contributed by atoms with Crippen LogP contribution in [-0.2, 0) is 6.54 Å². The van der Waals surface area contributed by atoms with Crippen LogP contribution in [0, 0.1) is 5.82 Å². The van der Waals surface area contributed by atoms with Crippen molar-refractivity contribution < 1.29 is 19.1 Å². The summed E-state index contributed by atoms with van der Waals surface area (Å²) in [7, 11) is 0. The highest BCUT2D eigenvalue weighted by Crippen LogP contribution is 2.35. The van der Waals surface area contributed by atoms with Crippen LogP contribution in [0.3, 0.4) is 0 Å². The molecule has 0 bridgehead atoms. The number of phenolic OH excluding ortho intramolecular Hbond substituents is 1. The molecule has 4 rings (SSSR count). The number of carbonyl (C=O) groups excluding carboxylic acids is 2. The first-order valence-electron chi connectivity index (χ1n) is 7.41. The summed E-state index contributed by atoms with van der Waals surface area (Å²) in [6.45, 7) is 0.0641. The maximum Gasteiger partial charge on any atom is 0.261 e. The van der Waals surface area contributed by atoms with Crippen molar-refractivity contribution in [1.29, 1.82) is 0 Å². The highest BCUT2D eigenvalue weighted by Gasteiger charge is 2.33. The van der Waals surface area contributed by atoms with E-state index < -0.39 is 11.8 Å². The molecule has 1 N–H and O–H groups in total. The van der Waals surface area contributed by atoms with Crippen molar-refractivity contribution in [2.75, 3.05) is 0 Å². The lowest BCUT2D eigenvalue weighted by Gasteiger charge is -2.27. The van der Waals surface area contributed by atoms with Crippen LogP contribution in [0.5, 0.6) is 5.75 Å². The molecule has 24 heavy (non-hydrogen) atoms.